The van der Waals surface area contributed by atoms with Crippen molar-refractivity contribution in [2.24, 2.45) is 0 Å². The molecule has 0 aromatic heterocycles. The van der Waals surface area contributed by atoms with Crippen molar-refractivity contribution in [3.8, 4) is 11.5 Å². The number of benzene rings is 1. The van der Waals surface area contributed by atoms with Crippen LogP contribution in [0.4, 0.5) is 0 Å². The average molecular weight is 265 g/mol. The Hall–Kier alpha value is -2.04. The van der Waals surface area contributed by atoms with Crippen LogP contribution in [0.1, 0.15) is 32.3 Å². The van der Waals surface area contributed by atoms with Gasteiger partial charge >= 0.3 is 0 Å². The number of unbranched alkanes of at least 4 members (excludes halogenated alkanes) is 1. The number of nitro groups is 1. The van der Waals surface area contributed by atoms with Crippen molar-refractivity contribution in [1.29, 1.82) is 0 Å². The minimum absolute atomic E-state index is 0.0849. The first-order valence-electron chi connectivity index (χ1n) is 6.22. The Labute approximate surface area is 113 Å². The Morgan fingerprint density at radius 3 is 2.74 bits per heavy atom. The van der Waals surface area contributed by atoms with Crippen molar-refractivity contribution in [1.82, 2.24) is 0 Å². The van der Waals surface area contributed by atoms with Gasteiger partial charge in [-0.1, -0.05) is 19.4 Å². The highest BCUT2D eigenvalue weighted by Gasteiger charge is 2.07. The summed E-state index contributed by atoms with van der Waals surface area (Å²) in [6, 6.07) is 5.28. The Morgan fingerprint density at radius 2 is 2.16 bits per heavy atom. The summed E-state index contributed by atoms with van der Waals surface area (Å²) in [5.74, 6) is 1.24. The number of hydrogen-bond acceptors (Lipinski definition) is 4. The van der Waals surface area contributed by atoms with E-state index >= 15 is 0 Å². The molecule has 0 atom stereocenters. The fraction of sp³-hybridized carbons (Fsp3) is 0.429. The van der Waals surface area contributed by atoms with Crippen molar-refractivity contribution in [2.75, 3.05) is 13.7 Å². The lowest BCUT2D eigenvalue weighted by molar-refractivity contribution is -0.422. The van der Waals surface area contributed by atoms with Gasteiger partial charge in [0.25, 0.3) is 0 Å². The van der Waals surface area contributed by atoms with Gasteiger partial charge in [0.1, 0.15) is 0 Å². The van der Waals surface area contributed by atoms with Crippen LogP contribution < -0.4 is 9.47 Å². The van der Waals surface area contributed by atoms with Crippen LogP contribution in [0.5, 0.6) is 11.5 Å². The summed E-state index contributed by atoms with van der Waals surface area (Å²) in [5, 5.41) is 10.6. The number of ether oxygens (including phenoxy) is 2. The zero-order valence-corrected chi connectivity index (χ0v) is 11.5. The molecule has 0 heterocycles. The molecule has 0 bridgehead atoms. The Bertz CT molecular complexity index is 469. The van der Waals surface area contributed by atoms with Crippen LogP contribution in [0.3, 0.4) is 0 Å². The summed E-state index contributed by atoms with van der Waals surface area (Å²) in [6.07, 6.45) is 3.54. The van der Waals surface area contributed by atoms with Gasteiger partial charge in [0.15, 0.2) is 11.5 Å². The molecule has 0 fully saturated rings. The van der Waals surface area contributed by atoms with E-state index in [1.807, 2.05) is 0 Å². The average Bonchev–Trinajstić information content (AvgIpc) is 2.40. The molecule has 0 aliphatic carbocycles. The van der Waals surface area contributed by atoms with Crippen LogP contribution >= 0.6 is 0 Å². The lowest BCUT2D eigenvalue weighted by Gasteiger charge is -2.10. The summed E-state index contributed by atoms with van der Waals surface area (Å²) >= 11 is 0. The second kappa shape index (κ2) is 7.41. The molecule has 19 heavy (non-hydrogen) atoms. The van der Waals surface area contributed by atoms with Gasteiger partial charge in [-0.05, 0) is 24.1 Å². The monoisotopic (exact) mass is 265 g/mol. The smallest absolute Gasteiger partial charge is 0.243 e. The lowest BCUT2D eigenvalue weighted by atomic mass is 10.1. The van der Waals surface area contributed by atoms with E-state index in [-0.39, 0.29) is 5.70 Å². The molecule has 0 amide bonds. The van der Waals surface area contributed by atoms with Gasteiger partial charge in [-0.2, -0.15) is 0 Å². The second-order valence-electron chi connectivity index (χ2n) is 4.16. The van der Waals surface area contributed by atoms with Crippen molar-refractivity contribution in [3.63, 3.8) is 0 Å². The van der Waals surface area contributed by atoms with Crippen molar-refractivity contribution >= 4 is 6.08 Å². The van der Waals surface area contributed by atoms with E-state index in [9.17, 15) is 10.1 Å². The molecule has 1 rings (SSSR count). The highest BCUT2D eigenvalue weighted by molar-refractivity contribution is 5.56. The predicted molar refractivity (Wildman–Crippen MR) is 74.0 cm³/mol. The minimum Gasteiger partial charge on any atom is -0.493 e. The van der Waals surface area contributed by atoms with Crippen molar-refractivity contribution in [3.05, 3.63) is 39.6 Å². The summed E-state index contributed by atoms with van der Waals surface area (Å²) in [4.78, 5) is 10.2. The van der Waals surface area contributed by atoms with Gasteiger partial charge in [-0.15, -0.1) is 0 Å². The number of allylic oxidation sites excluding steroid dienone is 1. The second-order valence-corrected chi connectivity index (χ2v) is 4.16. The molecule has 0 aliphatic heterocycles. The van der Waals surface area contributed by atoms with Crippen LogP contribution in [-0.4, -0.2) is 18.6 Å². The van der Waals surface area contributed by atoms with E-state index in [1.165, 1.54) is 13.0 Å². The largest absolute Gasteiger partial charge is 0.493 e. The Balaban J connectivity index is 2.89. The fourth-order valence-corrected chi connectivity index (χ4v) is 1.51. The number of methoxy groups -OCH3 is 1. The van der Waals surface area contributed by atoms with Crippen LogP contribution in [-0.2, 0) is 0 Å². The summed E-state index contributed by atoms with van der Waals surface area (Å²) in [5.41, 5.74) is 0.801. The Morgan fingerprint density at radius 1 is 1.42 bits per heavy atom. The molecule has 5 nitrogen and oxygen atoms in total. The van der Waals surface area contributed by atoms with Crippen molar-refractivity contribution < 1.29 is 14.4 Å². The quantitative estimate of drug-likeness (QED) is 0.430. The van der Waals surface area contributed by atoms with E-state index in [2.05, 4.69) is 6.92 Å². The SMILES string of the molecule is CCCCOc1ccc(/C=C(/C)[N+](=O)[O-])cc1OC. The van der Waals surface area contributed by atoms with E-state index in [0.29, 0.717) is 23.7 Å². The molecule has 0 radical (unpaired) electrons. The van der Waals surface area contributed by atoms with Gasteiger partial charge < -0.3 is 9.47 Å². The van der Waals surface area contributed by atoms with Gasteiger partial charge in [-0.3, -0.25) is 10.1 Å². The number of rotatable bonds is 7. The Kier molecular flexibility index (Phi) is 5.85. The van der Waals surface area contributed by atoms with Crippen molar-refractivity contribution in [2.45, 2.75) is 26.7 Å². The molecule has 104 valence electrons. The van der Waals surface area contributed by atoms with E-state index in [1.54, 1.807) is 25.3 Å². The highest BCUT2D eigenvalue weighted by Crippen LogP contribution is 2.29. The molecular formula is C14H19NO4. The predicted octanol–water partition coefficient (Wildman–Crippen LogP) is 3.51. The maximum atomic E-state index is 10.6. The summed E-state index contributed by atoms with van der Waals surface area (Å²) in [7, 11) is 1.55. The maximum Gasteiger partial charge on any atom is 0.243 e. The summed E-state index contributed by atoms with van der Waals surface area (Å²) < 4.78 is 10.8. The lowest BCUT2D eigenvalue weighted by Crippen LogP contribution is -1.99. The molecule has 5 heteroatoms. The topological polar surface area (TPSA) is 61.6 Å². The molecule has 1 aromatic carbocycles. The first kappa shape index (κ1) is 15.0. The molecule has 0 saturated carbocycles. The maximum absolute atomic E-state index is 10.6. The third kappa shape index (κ3) is 4.62. The zero-order valence-electron chi connectivity index (χ0n) is 11.5. The molecule has 0 unspecified atom stereocenters. The van der Waals surface area contributed by atoms with Gasteiger partial charge in [-0.25, -0.2) is 0 Å². The fourth-order valence-electron chi connectivity index (χ4n) is 1.51. The standard InChI is InChI=1S/C14H19NO4/c1-4-5-8-19-13-7-6-12(10-14(13)18-3)9-11(2)15(16)17/h6-7,9-10H,4-5,8H2,1-3H3/b11-9-. The number of hydrogen-bond donors (Lipinski definition) is 0. The minimum atomic E-state index is -0.419. The van der Waals surface area contributed by atoms with Gasteiger partial charge in [0, 0.05) is 13.0 Å². The molecule has 0 aliphatic rings. The van der Waals surface area contributed by atoms with Crippen LogP contribution in [0.25, 0.3) is 6.08 Å². The summed E-state index contributed by atoms with van der Waals surface area (Å²) in [6.45, 7) is 4.18. The van der Waals surface area contributed by atoms with Gasteiger partial charge in [0.05, 0.1) is 18.6 Å². The highest BCUT2D eigenvalue weighted by atomic mass is 16.6. The van der Waals surface area contributed by atoms with E-state index < -0.39 is 4.92 Å². The van der Waals surface area contributed by atoms with E-state index in [0.717, 1.165) is 12.8 Å². The molecular weight excluding hydrogens is 246 g/mol. The third-order valence-corrected chi connectivity index (χ3v) is 2.61. The molecule has 0 spiro atoms. The van der Waals surface area contributed by atoms with Crippen LogP contribution in [0.2, 0.25) is 0 Å². The van der Waals surface area contributed by atoms with E-state index in [4.69, 9.17) is 9.47 Å². The van der Waals surface area contributed by atoms with Crippen LogP contribution in [0, 0.1) is 10.1 Å². The van der Waals surface area contributed by atoms with Crippen LogP contribution in [0.15, 0.2) is 23.9 Å². The zero-order chi connectivity index (χ0) is 14.3. The van der Waals surface area contributed by atoms with Gasteiger partial charge in [0.2, 0.25) is 5.70 Å². The molecule has 0 saturated heterocycles. The normalized spacial score (nSPS) is 11.2. The third-order valence-electron chi connectivity index (χ3n) is 2.61. The first-order chi connectivity index (χ1) is 9.08. The molecule has 0 N–H and O–H groups in total. The molecule has 1 aromatic rings. The number of nitrogens with zero attached hydrogens (tertiary/aromatic N) is 1. The first-order valence-corrected chi connectivity index (χ1v) is 6.22.